The Morgan fingerprint density at radius 2 is 1.64 bits per heavy atom. The van der Waals surface area contributed by atoms with Crippen LogP contribution in [0.3, 0.4) is 0 Å². The van der Waals surface area contributed by atoms with Crippen molar-refractivity contribution in [1.82, 2.24) is 4.90 Å². The van der Waals surface area contributed by atoms with Crippen molar-refractivity contribution in [2.24, 2.45) is 52.3 Å². The molecule has 39 heavy (non-hydrogen) atoms. The molecule has 1 aliphatic heterocycles. The number of carbonyl (C=O) groups is 3. The topological polar surface area (TPSA) is 72.9 Å². The first-order valence-corrected chi connectivity index (χ1v) is 16.0. The van der Waals surface area contributed by atoms with Gasteiger partial charge in [0.2, 0.25) is 11.8 Å². The predicted molar refractivity (Wildman–Crippen MR) is 150 cm³/mol. The minimum absolute atomic E-state index is 0.124. The fourth-order valence-electron chi connectivity index (χ4n) is 10.9. The second kappa shape index (κ2) is 10.8. The van der Waals surface area contributed by atoms with E-state index in [0.717, 1.165) is 43.4 Å². The molecule has 0 N–H and O–H groups in total. The van der Waals surface area contributed by atoms with Crippen LogP contribution >= 0.6 is 0 Å². The molecule has 5 aliphatic rings. The lowest BCUT2D eigenvalue weighted by molar-refractivity contribution is -0.160. The molecule has 0 radical (unpaired) electrons. The Balaban J connectivity index is 1.21. The summed E-state index contributed by atoms with van der Waals surface area (Å²) >= 11 is 0. The highest BCUT2D eigenvalue weighted by Crippen LogP contribution is 2.70. The number of hydrogen-bond donors (Lipinski definition) is 0. The van der Waals surface area contributed by atoms with Gasteiger partial charge in [0.15, 0.2) is 0 Å². The molecule has 5 rings (SSSR count). The summed E-state index contributed by atoms with van der Waals surface area (Å²) in [5.41, 5.74) is 0.751. The largest absolute Gasteiger partial charge is 0.463 e. The zero-order valence-electron chi connectivity index (χ0n) is 25.5. The van der Waals surface area contributed by atoms with E-state index in [2.05, 4.69) is 27.7 Å². The molecule has 4 aliphatic carbocycles. The molecule has 2 amide bonds. The monoisotopic (exact) mass is 543 g/mol. The SMILES string of the molecule is CC(=O)O[C@@H]1CC[C@@]2(C)[C@@H](CC[C@@H]3[C@H]2CC[C@]2(C)[C@@H]4[C@H](C)[C@@H](CC[C@H](C)CN(C(C)=O)C(C)=O)O[C@H]4C[C@H]32)C1. The van der Waals surface area contributed by atoms with Crippen LogP contribution in [0, 0.1) is 52.3 Å². The summed E-state index contributed by atoms with van der Waals surface area (Å²) in [5.74, 6) is 4.06. The number of amides is 2. The molecule has 1 saturated heterocycles. The Morgan fingerprint density at radius 1 is 0.949 bits per heavy atom. The normalized spacial score (nSPS) is 45.4. The van der Waals surface area contributed by atoms with Crippen molar-refractivity contribution in [1.29, 1.82) is 0 Å². The summed E-state index contributed by atoms with van der Waals surface area (Å²) in [6.07, 6.45) is 12.5. The third kappa shape index (κ3) is 5.10. The number of rotatable bonds is 6. The molecular weight excluding hydrogens is 490 g/mol. The molecule has 0 aromatic carbocycles. The summed E-state index contributed by atoms with van der Waals surface area (Å²) in [5, 5.41) is 0. The molecule has 0 bridgehead atoms. The fraction of sp³-hybridized carbons (Fsp3) is 0.909. The van der Waals surface area contributed by atoms with E-state index < -0.39 is 0 Å². The zero-order chi connectivity index (χ0) is 28.3. The van der Waals surface area contributed by atoms with Crippen molar-refractivity contribution >= 4 is 17.8 Å². The van der Waals surface area contributed by atoms with Gasteiger partial charge in [0, 0.05) is 27.3 Å². The minimum atomic E-state index is -0.163. The molecular formula is C33H53NO5. The number of hydrogen-bond acceptors (Lipinski definition) is 5. The number of nitrogens with zero attached hydrogens (tertiary/aromatic N) is 1. The maximum atomic E-state index is 11.8. The van der Waals surface area contributed by atoms with Crippen LogP contribution in [0.25, 0.3) is 0 Å². The molecule has 5 fully saturated rings. The van der Waals surface area contributed by atoms with E-state index in [1.807, 2.05) is 0 Å². The molecule has 1 heterocycles. The van der Waals surface area contributed by atoms with Crippen LogP contribution in [-0.4, -0.2) is 47.5 Å². The number of fused-ring (bicyclic) bond motifs is 7. The van der Waals surface area contributed by atoms with Crippen LogP contribution in [0.15, 0.2) is 0 Å². The summed E-state index contributed by atoms with van der Waals surface area (Å²) in [4.78, 5) is 36.7. The highest BCUT2D eigenvalue weighted by Gasteiger charge is 2.65. The lowest BCUT2D eigenvalue weighted by Crippen LogP contribution is -2.54. The number of ether oxygens (including phenoxy) is 2. The smallest absolute Gasteiger partial charge is 0.302 e. The Labute approximate surface area is 236 Å². The first-order valence-electron chi connectivity index (χ1n) is 16.0. The number of imide groups is 1. The average Bonchev–Trinajstić information content (AvgIpc) is 3.33. The van der Waals surface area contributed by atoms with Crippen LogP contribution in [-0.2, 0) is 23.9 Å². The van der Waals surface area contributed by atoms with E-state index in [4.69, 9.17) is 9.47 Å². The Morgan fingerprint density at radius 3 is 2.31 bits per heavy atom. The standard InChI is InChI=1S/C33H53NO5/c1-19(18-34(21(3)35)22(4)36)8-11-29-20(2)31-30(39-29)17-28-26-10-9-24-16-25(38-23(5)37)12-14-32(24,6)27(26)13-15-33(28,31)7/h19-20,24-31H,8-18H2,1-7H3/t19-,20+,24-,25+,26+,27+,28+,29+,30-,31+,32-,33-/m0/s1. The summed E-state index contributed by atoms with van der Waals surface area (Å²) < 4.78 is 12.5. The predicted octanol–water partition coefficient (Wildman–Crippen LogP) is 6.40. The van der Waals surface area contributed by atoms with Gasteiger partial charge in [-0.3, -0.25) is 19.3 Å². The average molecular weight is 544 g/mol. The highest BCUT2D eigenvalue weighted by atomic mass is 16.5. The molecule has 0 aromatic heterocycles. The van der Waals surface area contributed by atoms with Crippen LogP contribution in [0.4, 0.5) is 0 Å². The van der Waals surface area contributed by atoms with Crippen LogP contribution in [0.5, 0.6) is 0 Å². The summed E-state index contributed by atoms with van der Waals surface area (Å²) in [6, 6.07) is 0. The Kier molecular flexibility index (Phi) is 8.02. The second-order valence-corrected chi connectivity index (χ2v) is 14.9. The van der Waals surface area contributed by atoms with Gasteiger partial charge in [-0.05, 0) is 116 Å². The molecule has 220 valence electrons. The van der Waals surface area contributed by atoms with Crippen LogP contribution < -0.4 is 0 Å². The maximum Gasteiger partial charge on any atom is 0.302 e. The maximum absolute atomic E-state index is 11.8. The lowest BCUT2D eigenvalue weighted by Gasteiger charge is -2.61. The van der Waals surface area contributed by atoms with E-state index in [9.17, 15) is 14.4 Å². The van der Waals surface area contributed by atoms with Crippen molar-refractivity contribution in [3.05, 3.63) is 0 Å². The van der Waals surface area contributed by atoms with Gasteiger partial charge < -0.3 is 9.47 Å². The summed E-state index contributed by atoms with van der Waals surface area (Å²) in [6.45, 7) is 14.8. The van der Waals surface area contributed by atoms with E-state index in [0.29, 0.717) is 41.2 Å². The first-order chi connectivity index (χ1) is 18.3. The molecule has 12 atom stereocenters. The van der Waals surface area contributed by atoms with Gasteiger partial charge in [0.1, 0.15) is 6.10 Å². The third-order valence-electron chi connectivity index (χ3n) is 12.7. The molecule has 0 aromatic rings. The fourth-order valence-corrected chi connectivity index (χ4v) is 10.9. The van der Waals surface area contributed by atoms with Gasteiger partial charge in [-0.15, -0.1) is 0 Å². The minimum Gasteiger partial charge on any atom is -0.463 e. The Hall–Kier alpha value is -1.43. The molecule has 6 heteroatoms. The van der Waals surface area contributed by atoms with Crippen LogP contribution in [0.1, 0.15) is 113 Å². The summed E-state index contributed by atoms with van der Waals surface area (Å²) in [7, 11) is 0. The number of esters is 1. The second-order valence-electron chi connectivity index (χ2n) is 14.9. The van der Waals surface area contributed by atoms with Crippen molar-refractivity contribution in [3.63, 3.8) is 0 Å². The molecule has 0 unspecified atom stereocenters. The molecule has 6 nitrogen and oxygen atoms in total. The quantitative estimate of drug-likeness (QED) is 0.362. The van der Waals surface area contributed by atoms with Crippen molar-refractivity contribution < 1.29 is 23.9 Å². The first kappa shape index (κ1) is 29.1. The van der Waals surface area contributed by atoms with Gasteiger partial charge in [-0.2, -0.15) is 0 Å². The Bertz CT molecular complexity index is 952. The molecule has 4 saturated carbocycles. The lowest BCUT2D eigenvalue weighted by atomic mass is 9.44. The highest BCUT2D eigenvalue weighted by molar-refractivity contribution is 5.92. The van der Waals surface area contributed by atoms with E-state index in [-0.39, 0.29) is 35.9 Å². The van der Waals surface area contributed by atoms with Gasteiger partial charge in [-0.1, -0.05) is 27.7 Å². The third-order valence-corrected chi connectivity index (χ3v) is 12.7. The van der Waals surface area contributed by atoms with Gasteiger partial charge in [0.25, 0.3) is 0 Å². The zero-order valence-corrected chi connectivity index (χ0v) is 25.5. The van der Waals surface area contributed by atoms with Gasteiger partial charge in [0.05, 0.1) is 12.2 Å². The van der Waals surface area contributed by atoms with Crippen molar-refractivity contribution in [3.8, 4) is 0 Å². The molecule has 0 spiro atoms. The van der Waals surface area contributed by atoms with Crippen molar-refractivity contribution in [2.45, 2.75) is 131 Å². The van der Waals surface area contributed by atoms with E-state index in [1.165, 1.54) is 57.3 Å². The number of carbonyl (C=O) groups excluding carboxylic acids is 3. The van der Waals surface area contributed by atoms with E-state index in [1.54, 1.807) is 6.92 Å². The van der Waals surface area contributed by atoms with Gasteiger partial charge >= 0.3 is 5.97 Å². The van der Waals surface area contributed by atoms with Crippen LogP contribution in [0.2, 0.25) is 0 Å². The van der Waals surface area contributed by atoms with Crippen molar-refractivity contribution in [2.75, 3.05) is 6.54 Å². The van der Waals surface area contributed by atoms with Gasteiger partial charge in [-0.25, -0.2) is 0 Å². The van der Waals surface area contributed by atoms with E-state index >= 15 is 0 Å².